The van der Waals surface area contributed by atoms with Crippen molar-refractivity contribution >= 4 is 5.91 Å². The van der Waals surface area contributed by atoms with Gasteiger partial charge in [0.1, 0.15) is 5.54 Å². The molecular weight excluding hydrogens is 245 g/mol. The molecule has 0 aromatic heterocycles. The maximum absolute atomic E-state index is 12.7. The second-order valence-electron chi connectivity index (χ2n) is 4.44. The summed E-state index contributed by atoms with van der Waals surface area (Å²) in [6.45, 7) is 0.328. The molecule has 0 saturated heterocycles. The number of hydrogen-bond acceptors (Lipinski definition) is 2. The lowest BCUT2D eigenvalue weighted by Gasteiger charge is -2.20. The summed E-state index contributed by atoms with van der Waals surface area (Å²) in [6.07, 6.45) is -4.49. The van der Waals surface area contributed by atoms with Crippen LogP contribution in [0.2, 0.25) is 0 Å². The average molecular weight is 258 g/mol. The lowest BCUT2D eigenvalue weighted by Crippen LogP contribution is -2.47. The molecule has 0 radical (unpaired) electrons. The van der Waals surface area contributed by atoms with E-state index in [1.807, 2.05) is 0 Å². The molecule has 1 amide bonds. The molecule has 3 nitrogen and oxygen atoms in total. The molecule has 3 N–H and O–H groups in total. The lowest BCUT2D eigenvalue weighted by molar-refractivity contribution is -0.163. The van der Waals surface area contributed by atoms with Crippen LogP contribution in [-0.2, 0) is 6.54 Å². The summed E-state index contributed by atoms with van der Waals surface area (Å²) >= 11 is 0. The van der Waals surface area contributed by atoms with Gasteiger partial charge >= 0.3 is 6.18 Å². The molecule has 98 valence electrons. The van der Waals surface area contributed by atoms with E-state index in [1.54, 1.807) is 12.1 Å². The third kappa shape index (κ3) is 2.33. The predicted octanol–water partition coefficient (Wildman–Crippen LogP) is 1.97. The van der Waals surface area contributed by atoms with Crippen LogP contribution in [0.4, 0.5) is 13.2 Å². The van der Waals surface area contributed by atoms with Crippen molar-refractivity contribution in [3.63, 3.8) is 0 Å². The van der Waals surface area contributed by atoms with E-state index in [1.165, 1.54) is 12.1 Å². The number of carbonyl (C=O) groups is 1. The first kappa shape index (κ1) is 12.9. The van der Waals surface area contributed by atoms with Gasteiger partial charge in [0.2, 0.25) is 0 Å². The van der Waals surface area contributed by atoms with Crippen molar-refractivity contribution in [1.29, 1.82) is 0 Å². The largest absolute Gasteiger partial charge is 0.411 e. The van der Waals surface area contributed by atoms with E-state index in [0.29, 0.717) is 6.54 Å². The van der Waals surface area contributed by atoms with Crippen molar-refractivity contribution in [3.05, 3.63) is 35.4 Å². The molecule has 0 atom stereocenters. The van der Waals surface area contributed by atoms with Crippen LogP contribution in [0.25, 0.3) is 0 Å². The Balaban J connectivity index is 2.08. The molecule has 1 aromatic carbocycles. The number of halogens is 3. The zero-order valence-corrected chi connectivity index (χ0v) is 9.55. The molecule has 1 aromatic rings. The van der Waals surface area contributed by atoms with Crippen LogP contribution in [0, 0.1) is 0 Å². The normalized spacial score (nSPS) is 17.3. The topological polar surface area (TPSA) is 55.1 Å². The summed E-state index contributed by atoms with van der Waals surface area (Å²) in [5.74, 6) is -0.701. The summed E-state index contributed by atoms with van der Waals surface area (Å²) in [6, 6.07) is 6.21. The number of carbonyl (C=O) groups excluding carboxylic acids is 1. The molecule has 1 saturated carbocycles. The minimum Gasteiger partial charge on any atom is -0.338 e. The summed E-state index contributed by atoms with van der Waals surface area (Å²) < 4.78 is 38.0. The second kappa shape index (κ2) is 4.28. The highest BCUT2D eigenvalue weighted by atomic mass is 19.4. The standard InChI is InChI=1S/C12H13F3N2O/c13-12(14,15)11(5-6-11)17-10(18)9-3-1-8(7-16)2-4-9/h1-4H,5-7,16H2,(H,17,18). The van der Waals surface area contributed by atoms with Gasteiger partial charge in [-0.2, -0.15) is 13.2 Å². The maximum Gasteiger partial charge on any atom is 0.411 e. The van der Waals surface area contributed by atoms with Crippen LogP contribution in [0.1, 0.15) is 28.8 Å². The molecule has 0 spiro atoms. The van der Waals surface area contributed by atoms with Crippen molar-refractivity contribution in [2.45, 2.75) is 31.1 Å². The van der Waals surface area contributed by atoms with Gasteiger partial charge in [0.15, 0.2) is 0 Å². The van der Waals surface area contributed by atoms with Crippen LogP contribution in [0.3, 0.4) is 0 Å². The van der Waals surface area contributed by atoms with Gasteiger partial charge in [-0.3, -0.25) is 4.79 Å². The molecule has 2 rings (SSSR count). The molecule has 6 heteroatoms. The quantitative estimate of drug-likeness (QED) is 0.870. The monoisotopic (exact) mass is 258 g/mol. The van der Waals surface area contributed by atoms with E-state index in [4.69, 9.17) is 5.73 Å². The first-order valence-electron chi connectivity index (χ1n) is 5.56. The molecule has 18 heavy (non-hydrogen) atoms. The van der Waals surface area contributed by atoms with Crippen molar-refractivity contribution in [1.82, 2.24) is 5.32 Å². The van der Waals surface area contributed by atoms with Gasteiger partial charge in [0.05, 0.1) is 0 Å². The number of rotatable bonds is 3. The van der Waals surface area contributed by atoms with Gasteiger partial charge < -0.3 is 11.1 Å². The third-order valence-electron chi connectivity index (χ3n) is 3.10. The minimum absolute atomic E-state index is 0.0525. The summed E-state index contributed by atoms with van der Waals surface area (Å²) in [5.41, 5.74) is 4.41. The van der Waals surface area contributed by atoms with E-state index in [-0.39, 0.29) is 18.4 Å². The van der Waals surface area contributed by atoms with E-state index >= 15 is 0 Å². The highest BCUT2D eigenvalue weighted by Crippen LogP contribution is 2.49. The van der Waals surface area contributed by atoms with Gasteiger partial charge in [0, 0.05) is 12.1 Å². The Kier molecular flexibility index (Phi) is 3.06. The highest BCUT2D eigenvalue weighted by molar-refractivity contribution is 5.95. The van der Waals surface area contributed by atoms with Gasteiger partial charge in [-0.1, -0.05) is 12.1 Å². The fraction of sp³-hybridized carbons (Fsp3) is 0.417. The fourth-order valence-corrected chi connectivity index (χ4v) is 1.69. The van der Waals surface area contributed by atoms with E-state index < -0.39 is 17.6 Å². The van der Waals surface area contributed by atoms with Crippen LogP contribution < -0.4 is 11.1 Å². The zero-order chi connectivity index (χ0) is 13.4. The number of nitrogens with two attached hydrogens (primary N) is 1. The highest BCUT2D eigenvalue weighted by Gasteiger charge is 2.64. The number of alkyl halides is 3. The van der Waals surface area contributed by atoms with Gasteiger partial charge in [0.25, 0.3) is 5.91 Å². The molecule has 0 heterocycles. The first-order chi connectivity index (χ1) is 8.38. The lowest BCUT2D eigenvalue weighted by atomic mass is 10.1. The Hall–Kier alpha value is -1.56. The summed E-state index contributed by atoms with van der Waals surface area (Å²) in [4.78, 5) is 11.7. The van der Waals surface area contributed by atoms with E-state index in [9.17, 15) is 18.0 Å². The average Bonchev–Trinajstić information content (AvgIpc) is 3.09. The Morgan fingerprint density at radius 2 is 1.83 bits per heavy atom. The Morgan fingerprint density at radius 1 is 1.28 bits per heavy atom. The van der Waals surface area contributed by atoms with Crippen molar-refractivity contribution in [2.75, 3.05) is 0 Å². The molecule has 0 bridgehead atoms. The Morgan fingerprint density at radius 3 is 2.22 bits per heavy atom. The Bertz CT molecular complexity index is 449. The van der Waals surface area contributed by atoms with Crippen LogP contribution in [0.5, 0.6) is 0 Å². The van der Waals surface area contributed by atoms with Gasteiger partial charge in [-0.25, -0.2) is 0 Å². The first-order valence-corrected chi connectivity index (χ1v) is 5.56. The second-order valence-corrected chi connectivity index (χ2v) is 4.44. The maximum atomic E-state index is 12.7. The SMILES string of the molecule is NCc1ccc(C(=O)NC2(C(F)(F)F)CC2)cc1. The number of hydrogen-bond donors (Lipinski definition) is 2. The Labute approximate surface area is 102 Å². The number of benzene rings is 1. The van der Waals surface area contributed by atoms with Gasteiger partial charge in [-0.05, 0) is 30.5 Å². The molecular formula is C12H13F3N2O. The molecule has 0 aliphatic heterocycles. The van der Waals surface area contributed by atoms with E-state index in [0.717, 1.165) is 5.56 Å². The van der Waals surface area contributed by atoms with Crippen LogP contribution >= 0.6 is 0 Å². The van der Waals surface area contributed by atoms with Crippen LogP contribution in [-0.4, -0.2) is 17.6 Å². The number of nitrogens with one attached hydrogen (secondary N) is 1. The fourth-order valence-electron chi connectivity index (χ4n) is 1.69. The van der Waals surface area contributed by atoms with Crippen LogP contribution in [0.15, 0.2) is 24.3 Å². The summed E-state index contributed by atoms with van der Waals surface area (Å²) in [7, 11) is 0. The predicted molar refractivity (Wildman–Crippen MR) is 59.8 cm³/mol. The smallest absolute Gasteiger partial charge is 0.338 e. The molecule has 1 fully saturated rings. The van der Waals surface area contributed by atoms with Crippen molar-refractivity contribution in [3.8, 4) is 0 Å². The number of amides is 1. The van der Waals surface area contributed by atoms with Crippen molar-refractivity contribution < 1.29 is 18.0 Å². The molecule has 1 aliphatic rings. The molecule has 1 aliphatic carbocycles. The van der Waals surface area contributed by atoms with E-state index in [2.05, 4.69) is 5.32 Å². The zero-order valence-electron chi connectivity index (χ0n) is 9.55. The third-order valence-corrected chi connectivity index (χ3v) is 3.10. The van der Waals surface area contributed by atoms with Crippen molar-refractivity contribution in [2.24, 2.45) is 5.73 Å². The summed E-state index contributed by atoms with van der Waals surface area (Å²) in [5, 5.41) is 2.07. The molecule has 0 unspecified atom stereocenters. The minimum atomic E-state index is -4.39. The van der Waals surface area contributed by atoms with Gasteiger partial charge in [-0.15, -0.1) is 0 Å².